The Balaban J connectivity index is 1.56. The molecule has 2 N–H and O–H groups in total. The lowest BCUT2D eigenvalue weighted by Gasteiger charge is -2.04. The van der Waals surface area contributed by atoms with Crippen molar-refractivity contribution in [2.24, 2.45) is 0 Å². The van der Waals surface area contributed by atoms with Crippen molar-refractivity contribution in [2.75, 3.05) is 0 Å². The molecule has 6 heteroatoms. The van der Waals surface area contributed by atoms with E-state index in [2.05, 4.69) is 10.6 Å². The van der Waals surface area contributed by atoms with E-state index in [1.165, 1.54) is 0 Å². The van der Waals surface area contributed by atoms with Crippen LogP contribution in [0.1, 0.15) is 42.3 Å². The van der Waals surface area contributed by atoms with E-state index in [4.69, 9.17) is 8.83 Å². The molecule has 0 aliphatic carbocycles. The van der Waals surface area contributed by atoms with Crippen LogP contribution in [0.15, 0.2) is 33.1 Å². The Labute approximate surface area is 135 Å². The molecule has 2 heterocycles. The van der Waals surface area contributed by atoms with Gasteiger partial charge in [-0.2, -0.15) is 0 Å². The summed E-state index contributed by atoms with van der Waals surface area (Å²) in [6.07, 6.45) is 1.13. The molecule has 2 amide bonds. The van der Waals surface area contributed by atoms with Crippen molar-refractivity contribution in [3.8, 4) is 0 Å². The van der Waals surface area contributed by atoms with Crippen molar-refractivity contribution < 1.29 is 18.4 Å². The maximum Gasteiger partial charge on any atom is 0.220 e. The molecule has 0 aliphatic rings. The molecule has 0 atom stereocenters. The zero-order chi connectivity index (χ0) is 16.7. The zero-order valence-corrected chi connectivity index (χ0v) is 13.5. The average molecular weight is 318 g/mol. The first-order valence-corrected chi connectivity index (χ1v) is 7.67. The van der Waals surface area contributed by atoms with E-state index < -0.39 is 0 Å². The van der Waals surface area contributed by atoms with Gasteiger partial charge in [0.15, 0.2) is 0 Å². The van der Waals surface area contributed by atoms with Crippen molar-refractivity contribution in [3.63, 3.8) is 0 Å². The summed E-state index contributed by atoms with van der Waals surface area (Å²) in [4.78, 5) is 23.4. The first kappa shape index (κ1) is 16.9. The molecule has 0 unspecified atom stereocenters. The van der Waals surface area contributed by atoms with Gasteiger partial charge in [0.1, 0.15) is 23.0 Å². The normalized spacial score (nSPS) is 10.5. The summed E-state index contributed by atoms with van der Waals surface area (Å²) in [5, 5.41) is 5.53. The highest BCUT2D eigenvalue weighted by molar-refractivity contribution is 5.78. The molecule has 6 nitrogen and oxygen atoms in total. The smallest absolute Gasteiger partial charge is 0.220 e. The topological polar surface area (TPSA) is 84.5 Å². The Morgan fingerprint density at radius 3 is 1.61 bits per heavy atom. The van der Waals surface area contributed by atoms with Gasteiger partial charge in [0.05, 0.1) is 13.1 Å². The van der Waals surface area contributed by atoms with Crippen molar-refractivity contribution in [3.05, 3.63) is 47.3 Å². The highest BCUT2D eigenvalue weighted by Crippen LogP contribution is 2.07. The van der Waals surface area contributed by atoms with E-state index in [9.17, 15) is 9.59 Å². The molecular formula is C17H22N2O4. The van der Waals surface area contributed by atoms with Gasteiger partial charge >= 0.3 is 0 Å². The molecule has 0 saturated carbocycles. The van der Waals surface area contributed by atoms with E-state index in [0.717, 1.165) is 23.0 Å². The van der Waals surface area contributed by atoms with Crippen molar-refractivity contribution in [1.82, 2.24) is 10.6 Å². The van der Waals surface area contributed by atoms with Crippen LogP contribution < -0.4 is 10.6 Å². The first-order chi connectivity index (χ1) is 11.0. The van der Waals surface area contributed by atoms with Gasteiger partial charge in [-0.1, -0.05) is 0 Å². The fourth-order valence-electron chi connectivity index (χ4n) is 2.12. The number of nitrogens with one attached hydrogen (secondary N) is 2. The minimum absolute atomic E-state index is 0.0893. The largest absolute Gasteiger partial charge is 0.465 e. The van der Waals surface area contributed by atoms with Gasteiger partial charge in [-0.15, -0.1) is 0 Å². The molecule has 0 saturated heterocycles. The third-order valence-electron chi connectivity index (χ3n) is 3.32. The molecule has 2 aromatic heterocycles. The number of carbonyl (C=O) groups is 2. The lowest BCUT2D eigenvalue weighted by molar-refractivity contribution is -0.122. The third-order valence-corrected chi connectivity index (χ3v) is 3.32. The average Bonchev–Trinajstić information content (AvgIpc) is 3.11. The molecule has 2 aromatic rings. The van der Waals surface area contributed by atoms with Gasteiger partial charge in [0.25, 0.3) is 0 Å². The number of hydrogen-bond acceptors (Lipinski definition) is 4. The maximum absolute atomic E-state index is 11.7. The van der Waals surface area contributed by atoms with E-state index in [0.29, 0.717) is 32.4 Å². The van der Waals surface area contributed by atoms with Crippen molar-refractivity contribution in [2.45, 2.75) is 46.2 Å². The summed E-state index contributed by atoms with van der Waals surface area (Å²) < 4.78 is 10.7. The van der Waals surface area contributed by atoms with Gasteiger partial charge in [0, 0.05) is 12.8 Å². The number of carbonyl (C=O) groups excluding carboxylic acids is 2. The van der Waals surface area contributed by atoms with E-state index in [1.54, 1.807) is 0 Å². The highest BCUT2D eigenvalue weighted by Gasteiger charge is 2.07. The Morgan fingerprint density at radius 1 is 0.826 bits per heavy atom. The standard InChI is InChI=1S/C17H22N2O4/c1-12-6-8-14(22-12)10-18-16(20)4-3-5-17(21)19-11-15-9-7-13(2)23-15/h6-9H,3-5,10-11H2,1-2H3,(H,18,20)(H,19,21). The Kier molecular flexibility index (Phi) is 6.02. The van der Waals surface area contributed by atoms with Gasteiger partial charge in [0.2, 0.25) is 11.8 Å². The molecule has 0 radical (unpaired) electrons. The monoisotopic (exact) mass is 318 g/mol. The summed E-state index contributed by atoms with van der Waals surface area (Å²) in [6.45, 7) is 4.45. The predicted octanol–water partition coefficient (Wildman–Crippen LogP) is 2.59. The summed E-state index contributed by atoms with van der Waals surface area (Å²) >= 11 is 0. The van der Waals surface area contributed by atoms with E-state index in [-0.39, 0.29) is 11.8 Å². The van der Waals surface area contributed by atoms with Crippen LogP contribution in [0.3, 0.4) is 0 Å². The second-order valence-electron chi connectivity index (χ2n) is 5.43. The molecule has 0 spiro atoms. The maximum atomic E-state index is 11.7. The van der Waals surface area contributed by atoms with Crippen LogP contribution in [0.2, 0.25) is 0 Å². The van der Waals surface area contributed by atoms with Crippen molar-refractivity contribution in [1.29, 1.82) is 0 Å². The molecule has 0 bridgehead atoms. The Hall–Kier alpha value is -2.50. The molecular weight excluding hydrogens is 296 g/mol. The lowest BCUT2D eigenvalue weighted by atomic mass is 10.2. The number of furan rings is 2. The quantitative estimate of drug-likeness (QED) is 0.783. The van der Waals surface area contributed by atoms with Gasteiger partial charge in [-0.05, 0) is 44.5 Å². The summed E-state index contributed by atoms with van der Waals surface area (Å²) in [5.41, 5.74) is 0. The molecule has 0 aromatic carbocycles. The summed E-state index contributed by atoms with van der Waals surface area (Å²) in [6, 6.07) is 7.37. The summed E-state index contributed by atoms with van der Waals surface area (Å²) in [5.74, 6) is 2.90. The Bertz CT molecular complexity index is 601. The predicted molar refractivity (Wildman–Crippen MR) is 84.4 cm³/mol. The van der Waals surface area contributed by atoms with Crippen LogP contribution in [0, 0.1) is 13.8 Å². The van der Waals surface area contributed by atoms with Crippen LogP contribution in [0.5, 0.6) is 0 Å². The van der Waals surface area contributed by atoms with E-state index >= 15 is 0 Å². The Morgan fingerprint density at radius 2 is 1.26 bits per heavy atom. The minimum atomic E-state index is -0.0893. The van der Waals surface area contributed by atoms with Crippen LogP contribution >= 0.6 is 0 Å². The molecule has 0 aliphatic heterocycles. The van der Waals surface area contributed by atoms with Gasteiger partial charge < -0.3 is 19.5 Å². The molecule has 2 rings (SSSR count). The molecule has 23 heavy (non-hydrogen) atoms. The third kappa shape index (κ3) is 6.02. The number of aryl methyl sites for hydroxylation is 2. The fraction of sp³-hybridized carbons (Fsp3) is 0.412. The van der Waals surface area contributed by atoms with Crippen LogP contribution in [-0.2, 0) is 22.7 Å². The SMILES string of the molecule is Cc1ccc(CNC(=O)CCCC(=O)NCc2ccc(C)o2)o1. The van der Waals surface area contributed by atoms with Gasteiger partial charge in [-0.25, -0.2) is 0 Å². The number of rotatable bonds is 8. The second kappa shape index (κ2) is 8.22. The van der Waals surface area contributed by atoms with Gasteiger partial charge in [-0.3, -0.25) is 9.59 Å². The van der Waals surface area contributed by atoms with Crippen LogP contribution in [-0.4, -0.2) is 11.8 Å². The lowest BCUT2D eigenvalue weighted by Crippen LogP contribution is -2.24. The van der Waals surface area contributed by atoms with Crippen LogP contribution in [0.4, 0.5) is 0 Å². The van der Waals surface area contributed by atoms with Crippen molar-refractivity contribution >= 4 is 11.8 Å². The molecule has 124 valence electrons. The fourth-order valence-corrected chi connectivity index (χ4v) is 2.12. The number of amides is 2. The summed E-state index contributed by atoms with van der Waals surface area (Å²) in [7, 11) is 0. The molecule has 0 fully saturated rings. The first-order valence-electron chi connectivity index (χ1n) is 7.67. The van der Waals surface area contributed by atoms with Crippen LogP contribution in [0.25, 0.3) is 0 Å². The minimum Gasteiger partial charge on any atom is -0.465 e. The zero-order valence-electron chi connectivity index (χ0n) is 13.5. The van der Waals surface area contributed by atoms with E-state index in [1.807, 2.05) is 38.1 Å². The number of hydrogen-bond donors (Lipinski definition) is 2. The second-order valence-corrected chi connectivity index (χ2v) is 5.43. The highest BCUT2D eigenvalue weighted by atomic mass is 16.3.